The summed E-state index contributed by atoms with van der Waals surface area (Å²) in [5.41, 5.74) is 6.32. The number of aliphatic hydroxyl groups is 1. The van der Waals surface area contributed by atoms with E-state index in [2.05, 4.69) is 82.2 Å². The van der Waals surface area contributed by atoms with Crippen LogP contribution in [0.1, 0.15) is 72.8 Å². The van der Waals surface area contributed by atoms with Crippen molar-refractivity contribution in [2.75, 3.05) is 44.9 Å². The van der Waals surface area contributed by atoms with E-state index < -0.39 is 18.3 Å². The Hall–Kier alpha value is -2.43. The summed E-state index contributed by atoms with van der Waals surface area (Å²) in [5, 5.41) is 11.5. The number of aliphatic hydroxyl groups excluding tert-OH is 1. The van der Waals surface area contributed by atoms with Crippen LogP contribution in [0.25, 0.3) is 22.2 Å². The lowest BCUT2D eigenvalue weighted by Gasteiger charge is -2.32. The first kappa shape index (κ1) is 31.0. The van der Waals surface area contributed by atoms with Crippen LogP contribution in [0, 0.1) is 5.41 Å². The first-order chi connectivity index (χ1) is 19.8. The Morgan fingerprint density at radius 2 is 1.76 bits per heavy atom. The van der Waals surface area contributed by atoms with E-state index in [1.807, 2.05) is 13.1 Å². The maximum atomic E-state index is 10.4. The van der Waals surface area contributed by atoms with Crippen LogP contribution in [0.3, 0.4) is 0 Å². The number of rotatable bonds is 9. The third-order valence-electron chi connectivity index (χ3n) is 9.39. The Labute approximate surface area is 251 Å². The van der Waals surface area contributed by atoms with Crippen LogP contribution in [0.4, 0.5) is 5.69 Å². The van der Waals surface area contributed by atoms with Gasteiger partial charge in [0, 0.05) is 49.8 Å². The second-order valence-electron chi connectivity index (χ2n) is 13.5. The molecule has 4 heterocycles. The number of morpholine rings is 1. The SMILES string of the molecule is CCn1c(-c2cc(N3CCOCC3)cnc2[C@H](C)OC)c(CC(C)(C)CO)c2cc(B3OC(C)(C)C(C)(C)O3)ccc21. The summed E-state index contributed by atoms with van der Waals surface area (Å²) in [7, 11) is 1.27. The molecule has 2 aromatic heterocycles. The lowest BCUT2D eigenvalue weighted by atomic mass is 9.77. The Morgan fingerprint density at radius 3 is 2.36 bits per heavy atom. The van der Waals surface area contributed by atoms with Crippen LogP contribution >= 0.6 is 0 Å². The van der Waals surface area contributed by atoms with E-state index in [1.54, 1.807) is 7.11 Å². The monoisotopic (exact) mass is 577 g/mol. The van der Waals surface area contributed by atoms with Crippen molar-refractivity contribution in [3.63, 3.8) is 0 Å². The molecule has 42 heavy (non-hydrogen) atoms. The minimum Gasteiger partial charge on any atom is -0.399 e. The van der Waals surface area contributed by atoms with Gasteiger partial charge in [-0.05, 0) is 76.5 Å². The standard InChI is InChI=1S/C33H48BN3O5/c1-10-37-28-12-11-23(34-41-32(5,6)33(7,8)42-34)17-25(28)27(19-31(3,4)21-38)30(37)26-18-24(36-13-15-40-16-14-36)20-35-29(26)22(2)39-9/h11-12,17-18,20,22,38H,10,13-16,19,21H2,1-9H3/t22-/m0/s1. The minimum absolute atomic E-state index is 0.0789. The second kappa shape index (κ2) is 11.6. The molecule has 2 fully saturated rings. The lowest BCUT2D eigenvalue weighted by Crippen LogP contribution is -2.41. The fourth-order valence-electron chi connectivity index (χ4n) is 6.00. The van der Waals surface area contributed by atoms with Gasteiger partial charge < -0.3 is 33.4 Å². The molecule has 0 spiro atoms. The number of anilines is 1. The highest BCUT2D eigenvalue weighted by atomic mass is 16.7. The van der Waals surface area contributed by atoms with Gasteiger partial charge in [0.05, 0.1) is 53.8 Å². The van der Waals surface area contributed by atoms with Crippen LogP contribution < -0.4 is 10.4 Å². The molecule has 3 aromatic rings. The van der Waals surface area contributed by atoms with Crippen molar-refractivity contribution in [1.82, 2.24) is 9.55 Å². The van der Waals surface area contributed by atoms with Crippen molar-refractivity contribution < 1.29 is 23.9 Å². The molecular formula is C33H48BN3O5. The summed E-state index contributed by atoms with van der Waals surface area (Å²) in [6.07, 6.45) is 2.46. The zero-order valence-corrected chi connectivity index (χ0v) is 26.9. The van der Waals surface area contributed by atoms with Gasteiger partial charge in [-0.15, -0.1) is 0 Å². The van der Waals surface area contributed by atoms with E-state index in [4.69, 9.17) is 23.8 Å². The molecule has 5 rings (SSSR count). The van der Waals surface area contributed by atoms with Gasteiger partial charge in [0.2, 0.25) is 0 Å². The van der Waals surface area contributed by atoms with Gasteiger partial charge in [-0.3, -0.25) is 4.98 Å². The molecule has 2 aliphatic rings. The van der Waals surface area contributed by atoms with Gasteiger partial charge in [-0.25, -0.2) is 0 Å². The summed E-state index contributed by atoms with van der Waals surface area (Å²) >= 11 is 0. The molecule has 1 N–H and O–H groups in total. The molecule has 9 heteroatoms. The second-order valence-corrected chi connectivity index (χ2v) is 13.5. The normalized spacial score (nSPS) is 19.6. The fourth-order valence-corrected chi connectivity index (χ4v) is 6.00. The maximum Gasteiger partial charge on any atom is 0.494 e. The molecule has 0 aliphatic carbocycles. The molecule has 1 atom stereocenters. The van der Waals surface area contributed by atoms with Crippen LogP contribution in [-0.4, -0.2) is 73.0 Å². The number of aryl methyl sites for hydroxylation is 1. The number of nitrogens with zero attached hydrogens (tertiary/aromatic N) is 3. The van der Waals surface area contributed by atoms with Gasteiger partial charge in [0.1, 0.15) is 0 Å². The molecule has 0 saturated carbocycles. The number of aromatic nitrogens is 2. The number of fused-ring (bicyclic) bond motifs is 1. The third kappa shape index (κ3) is 5.62. The number of hydrogen-bond acceptors (Lipinski definition) is 7. The van der Waals surface area contributed by atoms with E-state index in [9.17, 15) is 5.11 Å². The zero-order chi connectivity index (χ0) is 30.4. The zero-order valence-electron chi connectivity index (χ0n) is 26.9. The number of methoxy groups -OCH3 is 1. The van der Waals surface area contributed by atoms with Crippen LogP contribution in [-0.2, 0) is 31.7 Å². The van der Waals surface area contributed by atoms with E-state index in [-0.39, 0.29) is 18.1 Å². The summed E-state index contributed by atoms with van der Waals surface area (Å²) in [5.74, 6) is 0. The van der Waals surface area contributed by atoms with E-state index in [0.29, 0.717) is 19.6 Å². The van der Waals surface area contributed by atoms with Crippen molar-refractivity contribution in [2.45, 2.75) is 85.7 Å². The highest BCUT2D eigenvalue weighted by Gasteiger charge is 2.51. The molecule has 1 aromatic carbocycles. The summed E-state index contributed by atoms with van der Waals surface area (Å²) in [6, 6.07) is 8.82. The molecule has 0 amide bonds. The average Bonchev–Trinajstić information content (AvgIpc) is 3.39. The topological polar surface area (TPSA) is 78.2 Å². The highest BCUT2D eigenvalue weighted by molar-refractivity contribution is 6.62. The number of pyridine rings is 1. The molecule has 0 radical (unpaired) electrons. The Kier molecular flexibility index (Phi) is 8.55. The quantitative estimate of drug-likeness (QED) is 0.354. The van der Waals surface area contributed by atoms with Gasteiger partial charge in [-0.2, -0.15) is 0 Å². The van der Waals surface area contributed by atoms with Crippen LogP contribution in [0.2, 0.25) is 0 Å². The van der Waals surface area contributed by atoms with Crippen molar-refractivity contribution in [3.05, 3.63) is 41.7 Å². The van der Waals surface area contributed by atoms with Gasteiger partial charge in [-0.1, -0.05) is 26.0 Å². The molecule has 2 saturated heterocycles. The smallest absolute Gasteiger partial charge is 0.399 e. The van der Waals surface area contributed by atoms with Crippen LogP contribution in [0.15, 0.2) is 30.5 Å². The average molecular weight is 578 g/mol. The predicted octanol–water partition coefficient (Wildman–Crippen LogP) is 5.13. The summed E-state index contributed by atoms with van der Waals surface area (Å²) in [6.45, 7) is 20.7. The largest absolute Gasteiger partial charge is 0.494 e. The maximum absolute atomic E-state index is 10.4. The number of ether oxygens (including phenoxy) is 2. The lowest BCUT2D eigenvalue weighted by molar-refractivity contribution is 0.00578. The van der Waals surface area contributed by atoms with E-state index in [1.165, 1.54) is 5.56 Å². The van der Waals surface area contributed by atoms with E-state index >= 15 is 0 Å². The number of hydrogen-bond donors (Lipinski definition) is 1. The molecule has 228 valence electrons. The van der Waals surface area contributed by atoms with E-state index in [0.717, 1.165) is 58.6 Å². The van der Waals surface area contributed by atoms with Crippen molar-refractivity contribution >= 4 is 29.2 Å². The summed E-state index contributed by atoms with van der Waals surface area (Å²) < 4.78 is 26.7. The van der Waals surface area contributed by atoms with Gasteiger partial charge >= 0.3 is 7.12 Å². The molecule has 8 nitrogen and oxygen atoms in total. The number of benzene rings is 1. The Bertz CT molecular complexity index is 1410. The van der Waals surface area contributed by atoms with Crippen molar-refractivity contribution in [3.8, 4) is 11.3 Å². The highest BCUT2D eigenvalue weighted by Crippen LogP contribution is 2.42. The van der Waals surface area contributed by atoms with Gasteiger partial charge in [0.25, 0.3) is 0 Å². The predicted molar refractivity (Wildman–Crippen MR) is 170 cm³/mol. The van der Waals surface area contributed by atoms with Crippen molar-refractivity contribution in [1.29, 1.82) is 0 Å². The van der Waals surface area contributed by atoms with Crippen molar-refractivity contribution in [2.24, 2.45) is 5.41 Å². The Morgan fingerprint density at radius 1 is 1.10 bits per heavy atom. The Balaban J connectivity index is 1.75. The first-order valence-electron chi connectivity index (χ1n) is 15.3. The molecule has 0 unspecified atom stereocenters. The molecular weight excluding hydrogens is 529 g/mol. The minimum atomic E-state index is -0.457. The van der Waals surface area contributed by atoms with Crippen LogP contribution in [0.5, 0.6) is 0 Å². The van der Waals surface area contributed by atoms with Gasteiger partial charge in [0.15, 0.2) is 0 Å². The fraction of sp³-hybridized carbons (Fsp3) is 0.606. The molecule has 0 bridgehead atoms. The molecule has 2 aliphatic heterocycles. The first-order valence-corrected chi connectivity index (χ1v) is 15.3. The third-order valence-corrected chi connectivity index (χ3v) is 9.39. The summed E-state index contributed by atoms with van der Waals surface area (Å²) in [4.78, 5) is 7.35.